The van der Waals surface area contributed by atoms with Crippen LogP contribution in [0.15, 0.2) is 11.0 Å². The van der Waals surface area contributed by atoms with Crippen molar-refractivity contribution >= 4 is 6.29 Å². The molecule has 0 saturated carbocycles. The first-order chi connectivity index (χ1) is 4.74. The van der Waals surface area contributed by atoms with Gasteiger partial charge in [0.15, 0.2) is 6.29 Å². The Morgan fingerprint density at radius 1 is 1.70 bits per heavy atom. The van der Waals surface area contributed by atoms with Crippen LogP contribution >= 0.6 is 0 Å². The lowest BCUT2D eigenvalue weighted by Gasteiger charge is -1.86. The molecule has 0 radical (unpaired) electrons. The number of hydrogen-bond donors (Lipinski definition) is 1. The summed E-state index contributed by atoms with van der Waals surface area (Å²) in [5, 5.41) is 0. The summed E-state index contributed by atoms with van der Waals surface area (Å²) in [5.74, 6) is 0. The van der Waals surface area contributed by atoms with Crippen LogP contribution in [0.2, 0.25) is 0 Å². The molecule has 10 heavy (non-hydrogen) atoms. The Kier molecular flexibility index (Phi) is 1.57. The van der Waals surface area contributed by atoms with E-state index < -0.39 is 11.6 Å². The Morgan fingerprint density at radius 3 is 2.90 bits per heavy atom. The van der Waals surface area contributed by atoms with E-state index in [2.05, 4.69) is 4.98 Å². The van der Waals surface area contributed by atoms with E-state index in [9.17, 15) is 14.0 Å². The SMILES string of the molecule is O=Cc1cnc(F)[nH]c1=O. The maximum Gasteiger partial charge on any atom is 0.289 e. The first-order valence-corrected chi connectivity index (χ1v) is 2.44. The number of carbonyl (C=O) groups excluding carboxylic acids is 1. The number of aromatic nitrogens is 2. The van der Waals surface area contributed by atoms with Crippen LogP contribution in [0, 0.1) is 6.08 Å². The second kappa shape index (κ2) is 2.38. The van der Waals surface area contributed by atoms with E-state index in [4.69, 9.17) is 0 Å². The molecule has 1 rings (SSSR count). The molecule has 0 unspecified atom stereocenters. The van der Waals surface area contributed by atoms with Crippen molar-refractivity contribution in [1.29, 1.82) is 0 Å². The number of hydrogen-bond acceptors (Lipinski definition) is 3. The topological polar surface area (TPSA) is 62.8 Å². The minimum atomic E-state index is -0.990. The number of halogens is 1. The zero-order valence-corrected chi connectivity index (χ0v) is 4.80. The monoisotopic (exact) mass is 142 g/mol. The van der Waals surface area contributed by atoms with Crippen molar-refractivity contribution in [2.75, 3.05) is 0 Å². The second-order valence-corrected chi connectivity index (χ2v) is 1.58. The van der Waals surface area contributed by atoms with Gasteiger partial charge in [0, 0.05) is 6.20 Å². The molecule has 1 aromatic heterocycles. The molecule has 5 heteroatoms. The van der Waals surface area contributed by atoms with Crippen LogP contribution in [-0.4, -0.2) is 16.3 Å². The number of rotatable bonds is 1. The molecule has 0 aliphatic rings. The molecule has 0 aliphatic carbocycles. The van der Waals surface area contributed by atoms with Gasteiger partial charge in [0.25, 0.3) is 11.6 Å². The van der Waals surface area contributed by atoms with Crippen LogP contribution in [0.1, 0.15) is 10.4 Å². The molecule has 0 fully saturated rings. The number of nitrogens with one attached hydrogen (secondary N) is 1. The molecule has 1 heterocycles. The number of nitrogens with zero attached hydrogens (tertiary/aromatic N) is 1. The fraction of sp³-hybridized carbons (Fsp3) is 0. The van der Waals surface area contributed by atoms with Crippen molar-refractivity contribution in [3.8, 4) is 0 Å². The van der Waals surface area contributed by atoms with Crippen LogP contribution in [0.25, 0.3) is 0 Å². The van der Waals surface area contributed by atoms with Crippen LogP contribution in [0.3, 0.4) is 0 Å². The molecule has 52 valence electrons. The van der Waals surface area contributed by atoms with Crippen molar-refractivity contribution in [3.05, 3.63) is 28.2 Å². The Bertz CT molecular complexity index is 307. The number of aromatic amines is 1. The molecule has 0 aromatic carbocycles. The van der Waals surface area contributed by atoms with Gasteiger partial charge in [-0.05, 0) is 0 Å². The number of H-pyrrole nitrogens is 1. The lowest BCUT2D eigenvalue weighted by Crippen LogP contribution is -2.14. The van der Waals surface area contributed by atoms with Gasteiger partial charge in [-0.2, -0.15) is 4.39 Å². The van der Waals surface area contributed by atoms with Gasteiger partial charge in [-0.25, -0.2) is 4.98 Å². The summed E-state index contributed by atoms with van der Waals surface area (Å²) in [6.07, 6.45) is 0.197. The zero-order chi connectivity index (χ0) is 7.56. The molecule has 0 spiro atoms. The Labute approximate surface area is 54.7 Å². The number of aldehydes is 1. The van der Waals surface area contributed by atoms with E-state index in [1.165, 1.54) is 0 Å². The van der Waals surface area contributed by atoms with Crippen LogP contribution < -0.4 is 5.56 Å². The predicted octanol–water partition coefficient (Wildman–Crippen LogP) is -0.279. The summed E-state index contributed by atoms with van der Waals surface area (Å²) < 4.78 is 12.0. The van der Waals surface area contributed by atoms with Crippen molar-refractivity contribution in [1.82, 2.24) is 9.97 Å². The summed E-state index contributed by atoms with van der Waals surface area (Å²) in [7, 11) is 0. The highest BCUT2D eigenvalue weighted by molar-refractivity contribution is 5.73. The minimum absolute atomic E-state index is 0.179. The van der Waals surface area contributed by atoms with Gasteiger partial charge in [-0.15, -0.1) is 0 Å². The summed E-state index contributed by atoms with van der Waals surface area (Å²) in [6.45, 7) is 0. The maximum absolute atomic E-state index is 12.0. The lowest BCUT2D eigenvalue weighted by molar-refractivity contribution is 0.112. The van der Waals surface area contributed by atoms with E-state index in [-0.39, 0.29) is 5.56 Å². The van der Waals surface area contributed by atoms with Crippen molar-refractivity contribution in [2.24, 2.45) is 0 Å². The summed E-state index contributed by atoms with van der Waals surface area (Å²) in [4.78, 5) is 25.2. The van der Waals surface area contributed by atoms with E-state index in [1.807, 2.05) is 0 Å². The van der Waals surface area contributed by atoms with Gasteiger partial charge in [-0.1, -0.05) is 0 Å². The third kappa shape index (κ3) is 1.07. The average Bonchev–Trinajstić information content (AvgIpc) is 1.88. The fourth-order valence-corrected chi connectivity index (χ4v) is 0.467. The standard InChI is InChI=1S/C5H3FN2O2/c6-5-7-1-3(2-9)4(10)8-5/h1-2H,(H,7,8,10). The number of carbonyl (C=O) groups is 1. The highest BCUT2D eigenvalue weighted by Gasteiger charge is 1.97. The van der Waals surface area contributed by atoms with Crippen molar-refractivity contribution in [2.45, 2.75) is 0 Å². The molecule has 0 bridgehead atoms. The molecule has 1 N–H and O–H groups in total. The van der Waals surface area contributed by atoms with Gasteiger partial charge in [-0.3, -0.25) is 14.6 Å². The first kappa shape index (κ1) is 6.60. The highest BCUT2D eigenvalue weighted by Crippen LogP contribution is 1.82. The van der Waals surface area contributed by atoms with E-state index in [1.54, 1.807) is 4.98 Å². The predicted molar refractivity (Wildman–Crippen MR) is 30.2 cm³/mol. The van der Waals surface area contributed by atoms with Crippen LogP contribution in [0.5, 0.6) is 0 Å². The summed E-state index contributed by atoms with van der Waals surface area (Å²) in [6, 6.07) is 0. The second-order valence-electron chi connectivity index (χ2n) is 1.58. The zero-order valence-electron chi connectivity index (χ0n) is 4.80. The van der Waals surface area contributed by atoms with Gasteiger partial charge in [0.05, 0.1) is 5.56 Å². The molecular weight excluding hydrogens is 139 g/mol. The van der Waals surface area contributed by atoms with Gasteiger partial charge >= 0.3 is 0 Å². The Morgan fingerprint density at radius 2 is 2.40 bits per heavy atom. The third-order valence-corrected chi connectivity index (χ3v) is 0.923. The summed E-state index contributed by atoms with van der Waals surface area (Å²) in [5.41, 5.74) is -0.941. The minimum Gasteiger partial charge on any atom is -0.298 e. The van der Waals surface area contributed by atoms with Crippen molar-refractivity contribution < 1.29 is 9.18 Å². The average molecular weight is 142 g/mol. The van der Waals surface area contributed by atoms with E-state index >= 15 is 0 Å². The molecule has 4 nitrogen and oxygen atoms in total. The van der Waals surface area contributed by atoms with Crippen molar-refractivity contribution in [3.63, 3.8) is 0 Å². The summed E-state index contributed by atoms with van der Waals surface area (Å²) >= 11 is 0. The molecule has 0 saturated heterocycles. The Hall–Kier alpha value is -1.52. The fourth-order valence-electron chi connectivity index (χ4n) is 0.467. The maximum atomic E-state index is 12.0. The third-order valence-electron chi connectivity index (χ3n) is 0.923. The van der Waals surface area contributed by atoms with Gasteiger partial charge in [0.2, 0.25) is 0 Å². The molecule has 0 atom stereocenters. The van der Waals surface area contributed by atoms with Gasteiger partial charge in [0.1, 0.15) is 0 Å². The van der Waals surface area contributed by atoms with Gasteiger partial charge < -0.3 is 0 Å². The normalized spacial score (nSPS) is 9.30. The van der Waals surface area contributed by atoms with Crippen LogP contribution in [0.4, 0.5) is 4.39 Å². The quantitative estimate of drug-likeness (QED) is 0.433. The van der Waals surface area contributed by atoms with E-state index in [0.29, 0.717) is 6.29 Å². The molecule has 0 aliphatic heterocycles. The molecular formula is C5H3FN2O2. The molecule has 0 amide bonds. The molecule has 1 aromatic rings. The highest BCUT2D eigenvalue weighted by atomic mass is 19.1. The first-order valence-electron chi connectivity index (χ1n) is 2.44. The van der Waals surface area contributed by atoms with E-state index in [0.717, 1.165) is 6.20 Å². The Balaban J connectivity index is 3.33. The van der Waals surface area contributed by atoms with Crippen LogP contribution in [-0.2, 0) is 0 Å². The smallest absolute Gasteiger partial charge is 0.289 e. The largest absolute Gasteiger partial charge is 0.298 e. The lowest BCUT2D eigenvalue weighted by atomic mass is 10.4.